The molecule has 0 aromatic rings. The smallest absolute Gasteiger partial charge is 0.407 e. The van der Waals surface area contributed by atoms with Crippen LogP contribution in [-0.2, 0) is 9.59 Å². The Morgan fingerprint density at radius 1 is 1.22 bits per heavy atom. The average molecular weight is 449 g/mol. The first kappa shape index (κ1) is 21.7. The number of alkyl halides is 2. The number of hydrogen-bond acceptors (Lipinski definition) is 4. The van der Waals surface area contributed by atoms with Crippen LogP contribution in [-0.4, -0.2) is 63.8 Å². The van der Waals surface area contributed by atoms with Gasteiger partial charge in [-0.1, -0.05) is 13.0 Å². The number of hydrogen-bond donors (Lipinski definition) is 2. The number of nitrogens with zero attached hydrogens (tertiary/aromatic N) is 1. The van der Waals surface area contributed by atoms with E-state index in [1.807, 2.05) is 6.92 Å². The van der Waals surface area contributed by atoms with Crippen molar-refractivity contribution in [1.82, 2.24) is 4.90 Å². The first-order valence-corrected chi connectivity index (χ1v) is 11.3. The number of likely N-dealkylation sites (tertiary alicyclic amines) is 1. The van der Waals surface area contributed by atoms with Gasteiger partial charge in [0.25, 0.3) is 0 Å². The number of carboxylic acid groups (broad SMARTS) is 1. The minimum atomic E-state index is -2.19. The van der Waals surface area contributed by atoms with Crippen LogP contribution < -0.4 is 0 Å². The number of Topliss-reactive ketones (excluding diaryl/α,β-unsaturated/α-hetero) is 1. The Kier molecular flexibility index (Phi) is 4.26. The van der Waals surface area contributed by atoms with E-state index in [0.29, 0.717) is 6.42 Å². The van der Waals surface area contributed by atoms with E-state index in [9.17, 15) is 24.6 Å². The number of aliphatic hydroxyl groups is 1. The van der Waals surface area contributed by atoms with E-state index in [1.54, 1.807) is 6.92 Å². The van der Waals surface area contributed by atoms with Crippen molar-refractivity contribution in [2.45, 2.75) is 58.0 Å². The van der Waals surface area contributed by atoms with E-state index < -0.39 is 52.0 Å². The average Bonchev–Trinajstić information content (AvgIpc) is 3.20. The molecule has 32 heavy (non-hydrogen) atoms. The predicted molar refractivity (Wildman–Crippen MR) is 110 cm³/mol. The Hall–Kier alpha value is -2.09. The van der Waals surface area contributed by atoms with Crippen molar-refractivity contribution in [3.63, 3.8) is 0 Å². The van der Waals surface area contributed by atoms with Crippen LogP contribution in [0.1, 0.15) is 40.0 Å². The lowest BCUT2D eigenvalue weighted by molar-refractivity contribution is -0.211. The number of allylic oxidation sites excluding steroid dienone is 4. The molecule has 9 atom stereocenters. The second-order valence-corrected chi connectivity index (χ2v) is 11.0. The van der Waals surface area contributed by atoms with E-state index in [2.05, 4.69) is 0 Å². The molecule has 0 radical (unpaired) electrons. The summed E-state index contributed by atoms with van der Waals surface area (Å²) in [6, 6.07) is 0. The lowest BCUT2D eigenvalue weighted by Gasteiger charge is -2.63. The van der Waals surface area contributed by atoms with Crippen LogP contribution >= 0.6 is 0 Å². The fourth-order valence-corrected chi connectivity index (χ4v) is 8.59. The van der Waals surface area contributed by atoms with Gasteiger partial charge >= 0.3 is 6.09 Å². The molecule has 1 aliphatic heterocycles. The maximum absolute atomic E-state index is 17.1. The third-order valence-corrected chi connectivity index (χ3v) is 10.1. The molecule has 6 nitrogen and oxygen atoms in total. The van der Waals surface area contributed by atoms with E-state index in [-0.39, 0.29) is 49.1 Å². The highest BCUT2D eigenvalue weighted by atomic mass is 19.1. The van der Waals surface area contributed by atoms with E-state index in [0.717, 1.165) is 6.08 Å². The number of amides is 1. The summed E-state index contributed by atoms with van der Waals surface area (Å²) < 4.78 is 32.6. The zero-order valence-electron chi connectivity index (χ0n) is 18.5. The van der Waals surface area contributed by atoms with Crippen LogP contribution in [0, 0.1) is 34.0 Å². The first-order valence-electron chi connectivity index (χ1n) is 11.3. The van der Waals surface area contributed by atoms with Crippen LogP contribution in [0.2, 0.25) is 0 Å². The van der Waals surface area contributed by atoms with Crippen molar-refractivity contribution in [2.24, 2.45) is 34.0 Å². The van der Waals surface area contributed by atoms with Crippen LogP contribution in [0.15, 0.2) is 23.8 Å². The SMILES string of the molecule is CC(=O)[C@@]12CN(C(=O)O)C[C@@H]1C[C@H]1[C@@H]3C[C@H](F)C4=CC(=O)C=C[C@]4(C)[C@@]3(F)[C@@H](O)C[C@@]12C. The number of carbonyl (C=O) groups is 3. The Labute approximate surface area is 185 Å². The molecule has 1 amide bonds. The number of halogens is 2. The van der Waals surface area contributed by atoms with Gasteiger partial charge in [-0.25, -0.2) is 13.6 Å². The largest absolute Gasteiger partial charge is 0.465 e. The van der Waals surface area contributed by atoms with Crippen molar-refractivity contribution in [1.29, 1.82) is 0 Å². The van der Waals surface area contributed by atoms with Gasteiger partial charge in [0.15, 0.2) is 11.5 Å². The molecule has 1 heterocycles. The normalized spacial score (nSPS) is 51.4. The summed E-state index contributed by atoms with van der Waals surface area (Å²) in [5, 5.41) is 20.9. The van der Waals surface area contributed by atoms with Gasteiger partial charge in [0.2, 0.25) is 0 Å². The first-order chi connectivity index (χ1) is 14.8. The summed E-state index contributed by atoms with van der Waals surface area (Å²) >= 11 is 0. The second-order valence-electron chi connectivity index (χ2n) is 11.0. The molecule has 0 aromatic heterocycles. The number of fused-ring (bicyclic) bond motifs is 7. The van der Waals surface area contributed by atoms with Gasteiger partial charge in [-0.3, -0.25) is 9.59 Å². The van der Waals surface area contributed by atoms with Gasteiger partial charge in [-0.2, -0.15) is 0 Å². The minimum Gasteiger partial charge on any atom is -0.465 e. The molecule has 1 saturated heterocycles. The minimum absolute atomic E-state index is 0.0178. The summed E-state index contributed by atoms with van der Waals surface area (Å²) in [5.41, 5.74) is -5.47. The fraction of sp³-hybridized carbons (Fsp3) is 0.708. The molecule has 2 N–H and O–H groups in total. The molecule has 8 heteroatoms. The molecule has 0 bridgehead atoms. The maximum Gasteiger partial charge on any atom is 0.407 e. The molecular formula is C24H29F2NO5. The van der Waals surface area contributed by atoms with E-state index in [4.69, 9.17) is 0 Å². The number of carbonyl (C=O) groups excluding carboxylic acids is 2. The zero-order chi connectivity index (χ0) is 23.4. The van der Waals surface area contributed by atoms with Crippen LogP contribution in [0.4, 0.5) is 13.6 Å². The molecule has 0 unspecified atom stereocenters. The molecule has 4 fully saturated rings. The Morgan fingerprint density at radius 3 is 2.53 bits per heavy atom. The second kappa shape index (κ2) is 6.27. The molecular weight excluding hydrogens is 420 g/mol. The summed E-state index contributed by atoms with van der Waals surface area (Å²) in [7, 11) is 0. The summed E-state index contributed by atoms with van der Waals surface area (Å²) in [4.78, 5) is 37.9. The fourth-order valence-electron chi connectivity index (χ4n) is 8.59. The zero-order valence-corrected chi connectivity index (χ0v) is 18.5. The highest BCUT2D eigenvalue weighted by Crippen LogP contribution is 2.74. The number of aliphatic hydroxyl groups excluding tert-OH is 1. The van der Waals surface area contributed by atoms with Gasteiger partial charge in [0, 0.05) is 24.4 Å². The van der Waals surface area contributed by atoms with Crippen LogP contribution in [0.5, 0.6) is 0 Å². The lowest BCUT2D eigenvalue weighted by Crippen LogP contribution is -2.69. The van der Waals surface area contributed by atoms with Gasteiger partial charge in [-0.05, 0) is 68.1 Å². The molecule has 4 aliphatic carbocycles. The molecule has 0 spiro atoms. The summed E-state index contributed by atoms with van der Waals surface area (Å²) in [6.07, 6.45) is -0.0828. The van der Waals surface area contributed by atoms with Gasteiger partial charge in [0.1, 0.15) is 12.0 Å². The standard InChI is InChI=1S/C24H29F2NO5/c1-12(28)23-11-27(20(31)32)10-13(23)6-15-16-8-18(25)17-7-14(29)4-5-21(17,2)24(16,26)19(30)9-22(15,23)3/h4-5,7,13,15-16,18-19,30H,6,8-11H2,1-3H3,(H,31,32)/t13-,15-,16-,18-,19-,21-,22-,23-,24-/m0/s1. The maximum atomic E-state index is 17.1. The predicted octanol–water partition coefficient (Wildman–Crippen LogP) is 3.10. The van der Waals surface area contributed by atoms with Gasteiger partial charge in [0.05, 0.1) is 11.5 Å². The van der Waals surface area contributed by atoms with Gasteiger partial charge < -0.3 is 15.1 Å². The molecule has 5 rings (SSSR count). The van der Waals surface area contributed by atoms with Crippen molar-refractivity contribution in [2.75, 3.05) is 13.1 Å². The summed E-state index contributed by atoms with van der Waals surface area (Å²) in [6.45, 7) is 5.05. The van der Waals surface area contributed by atoms with Crippen molar-refractivity contribution in [3.05, 3.63) is 23.8 Å². The van der Waals surface area contributed by atoms with Crippen molar-refractivity contribution >= 4 is 17.7 Å². The quantitative estimate of drug-likeness (QED) is 0.642. The lowest BCUT2D eigenvalue weighted by atomic mass is 9.43. The Morgan fingerprint density at radius 2 is 1.91 bits per heavy atom. The molecule has 0 aromatic carbocycles. The molecule has 174 valence electrons. The Balaban J connectivity index is 1.64. The molecule has 3 saturated carbocycles. The monoisotopic (exact) mass is 449 g/mol. The topological polar surface area (TPSA) is 94.9 Å². The summed E-state index contributed by atoms with van der Waals surface area (Å²) in [5.74, 6) is -2.09. The van der Waals surface area contributed by atoms with E-state index >= 15 is 8.78 Å². The van der Waals surface area contributed by atoms with Crippen LogP contribution in [0.3, 0.4) is 0 Å². The van der Waals surface area contributed by atoms with Gasteiger partial charge in [-0.15, -0.1) is 0 Å². The number of rotatable bonds is 1. The van der Waals surface area contributed by atoms with Crippen molar-refractivity contribution < 1.29 is 33.4 Å². The third kappa shape index (κ3) is 2.20. The third-order valence-electron chi connectivity index (χ3n) is 10.1. The Bertz CT molecular complexity index is 995. The molecule has 5 aliphatic rings. The highest BCUT2D eigenvalue weighted by Gasteiger charge is 2.78. The van der Waals surface area contributed by atoms with E-state index in [1.165, 1.54) is 24.0 Å². The number of ketones is 2. The van der Waals surface area contributed by atoms with Crippen molar-refractivity contribution in [3.8, 4) is 0 Å². The highest BCUT2D eigenvalue weighted by molar-refractivity contribution is 6.01. The van der Waals surface area contributed by atoms with Crippen LogP contribution in [0.25, 0.3) is 0 Å².